The van der Waals surface area contributed by atoms with E-state index in [4.69, 9.17) is 34.8 Å². The molecule has 0 fully saturated rings. The summed E-state index contributed by atoms with van der Waals surface area (Å²) in [6.45, 7) is 1.91. The van der Waals surface area contributed by atoms with Gasteiger partial charge in [-0.1, -0.05) is 34.8 Å². The van der Waals surface area contributed by atoms with E-state index >= 15 is 0 Å². The van der Waals surface area contributed by atoms with Crippen LogP contribution in [0.4, 0.5) is 5.69 Å². The minimum absolute atomic E-state index is 0.291. The number of hydrogen-bond donors (Lipinski definition) is 1. The average Bonchev–Trinajstić information content (AvgIpc) is 2.86. The van der Waals surface area contributed by atoms with E-state index < -0.39 is 0 Å². The first-order valence-electron chi connectivity index (χ1n) is 6.28. The molecule has 1 N–H and O–H groups in total. The number of rotatable bonds is 2. The molecule has 0 unspecified atom stereocenters. The minimum Gasteiger partial charge on any atom is -0.321 e. The Morgan fingerprint density at radius 3 is 2.73 bits per heavy atom. The van der Waals surface area contributed by atoms with Crippen LogP contribution in [0.1, 0.15) is 15.4 Å². The minimum atomic E-state index is -0.374. The van der Waals surface area contributed by atoms with E-state index in [-0.39, 0.29) is 5.91 Å². The fourth-order valence-electron chi connectivity index (χ4n) is 2.03. The summed E-state index contributed by atoms with van der Waals surface area (Å²) in [6, 6.07) is 8.34. The number of amides is 1. The van der Waals surface area contributed by atoms with Gasteiger partial charge in [-0.15, -0.1) is 11.3 Å². The molecule has 0 atom stereocenters. The van der Waals surface area contributed by atoms with E-state index in [0.717, 1.165) is 9.71 Å². The van der Waals surface area contributed by atoms with Crippen molar-refractivity contribution in [2.75, 3.05) is 5.32 Å². The van der Waals surface area contributed by atoms with Gasteiger partial charge in [0.25, 0.3) is 5.91 Å². The van der Waals surface area contributed by atoms with Crippen LogP contribution in [0.15, 0.2) is 30.3 Å². The monoisotopic (exact) mass is 370 g/mol. The lowest BCUT2D eigenvalue weighted by Crippen LogP contribution is -2.12. The number of fused-ring (bicyclic) bond motifs is 1. The third kappa shape index (κ3) is 2.92. The first-order valence-corrected chi connectivity index (χ1v) is 8.23. The van der Waals surface area contributed by atoms with Crippen LogP contribution in [0, 0.1) is 6.92 Å². The van der Waals surface area contributed by atoms with Crippen molar-refractivity contribution in [3.8, 4) is 0 Å². The molecule has 3 aromatic rings. The Morgan fingerprint density at radius 2 is 1.95 bits per heavy atom. The molecule has 0 radical (unpaired) electrons. The topological polar surface area (TPSA) is 42.0 Å². The summed E-state index contributed by atoms with van der Waals surface area (Å²) in [4.78, 5) is 16.7. The zero-order valence-electron chi connectivity index (χ0n) is 11.3. The van der Waals surface area contributed by atoms with Gasteiger partial charge in [0.15, 0.2) is 0 Å². The Morgan fingerprint density at radius 1 is 1.18 bits per heavy atom. The number of anilines is 1. The van der Waals surface area contributed by atoms with Crippen LogP contribution in [-0.4, -0.2) is 10.9 Å². The molecule has 22 heavy (non-hydrogen) atoms. The Balaban J connectivity index is 1.97. The fraction of sp³-hybridized carbons (Fsp3) is 0.0667. The van der Waals surface area contributed by atoms with Crippen LogP contribution < -0.4 is 5.32 Å². The summed E-state index contributed by atoms with van der Waals surface area (Å²) in [6.07, 6.45) is 0. The van der Waals surface area contributed by atoms with Gasteiger partial charge >= 0.3 is 0 Å². The molecule has 7 heteroatoms. The average molecular weight is 372 g/mol. The molecule has 1 aromatic heterocycles. The summed E-state index contributed by atoms with van der Waals surface area (Å²) in [5.74, 6) is -0.374. The van der Waals surface area contributed by atoms with Crippen molar-refractivity contribution in [3.63, 3.8) is 0 Å². The van der Waals surface area contributed by atoms with Gasteiger partial charge in [0.1, 0.15) is 5.52 Å². The maximum absolute atomic E-state index is 12.4. The molecule has 0 saturated carbocycles. The van der Waals surface area contributed by atoms with Crippen molar-refractivity contribution in [2.45, 2.75) is 6.92 Å². The molecule has 0 aliphatic rings. The summed E-state index contributed by atoms with van der Waals surface area (Å²) in [5, 5.41) is 4.83. The highest BCUT2D eigenvalue weighted by molar-refractivity contribution is 7.18. The lowest BCUT2D eigenvalue weighted by atomic mass is 10.2. The number of carbonyl (C=O) groups excluding carboxylic acids is 1. The van der Waals surface area contributed by atoms with E-state index in [9.17, 15) is 4.79 Å². The second kappa shape index (κ2) is 6.05. The normalized spacial score (nSPS) is 10.9. The quantitative estimate of drug-likeness (QED) is 0.617. The zero-order chi connectivity index (χ0) is 15.9. The molecule has 0 aliphatic heterocycles. The lowest BCUT2D eigenvalue weighted by Gasteiger charge is -2.09. The van der Waals surface area contributed by atoms with Crippen molar-refractivity contribution >= 4 is 68.0 Å². The predicted octanol–water partition coefficient (Wildman–Crippen LogP) is 5.82. The molecule has 1 amide bonds. The number of carbonyl (C=O) groups is 1. The largest absolute Gasteiger partial charge is 0.321 e. The number of nitrogens with zero attached hydrogens (tertiary/aromatic N) is 1. The molecular formula is C15H9Cl3N2OS. The number of hydrogen-bond acceptors (Lipinski definition) is 3. The van der Waals surface area contributed by atoms with Gasteiger partial charge in [-0.2, -0.15) is 0 Å². The van der Waals surface area contributed by atoms with Gasteiger partial charge in [-0.25, -0.2) is 4.98 Å². The second-order valence-electron chi connectivity index (χ2n) is 4.59. The van der Waals surface area contributed by atoms with Crippen molar-refractivity contribution in [2.24, 2.45) is 0 Å². The van der Waals surface area contributed by atoms with Gasteiger partial charge in [0.2, 0.25) is 0 Å². The zero-order valence-corrected chi connectivity index (χ0v) is 14.4. The van der Waals surface area contributed by atoms with Crippen molar-refractivity contribution in [1.82, 2.24) is 4.98 Å². The Labute approximate surface area is 145 Å². The van der Waals surface area contributed by atoms with E-state index in [0.29, 0.717) is 31.8 Å². The maximum Gasteiger partial charge on any atom is 0.257 e. The molecule has 112 valence electrons. The van der Waals surface area contributed by atoms with Crippen LogP contribution in [-0.2, 0) is 0 Å². The predicted molar refractivity (Wildman–Crippen MR) is 93.8 cm³/mol. The molecule has 0 saturated heterocycles. The number of halogens is 3. The van der Waals surface area contributed by atoms with Crippen molar-refractivity contribution < 1.29 is 4.79 Å². The Kier molecular flexibility index (Phi) is 4.28. The third-order valence-electron chi connectivity index (χ3n) is 3.03. The maximum atomic E-state index is 12.4. The molecule has 1 heterocycles. The van der Waals surface area contributed by atoms with Crippen LogP contribution in [0.3, 0.4) is 0 Å². The van der Waals surface area contributed by atoms with Crippen LogP contribution in [0.5, 0.6) is 0 Å². The van der Waals surface area contributed by atoms with E-state index in [1.165, 1.54) is 6.07 Å². The van der Waals surface area contributed by atoms with Crippen LogP contribution in [0.25, 0.3) is 10.2 Å². The Hall–Kier alpha value is -1.33. The van der Waals surface area contributed by atoms with Gasteiger partial charge in [-0.05, 0) is 37.3 Å². The smallest absolute Gasteiger partial charge is 0.257 e. The Bertz CT molecular complexity index is 892. The van der Waals surface area contributed by atoms with Gasteiger partial charge in [0.05, 0.1) is 31.0 Å². The SMILES string of the molecule is Cc1nc2c(Cl)c(NC(=O)c3cc(Cl)ccc3Cl)ccc2s1. The summed E-state index contributed by atoms with van der Waals surface area (Å²) < 4.78 is 0.973. The van der Waals surface area contributed by atoms with E-state index in [1.807, 2.05) is 13.0 Å². The number of thiazole rings is 1. The van der Waals surface area contributed by atoms with Crippen LogP contribution in [0.2, 0.25) is 15.1 Å². The second-order valence-corrected chi connectivity index (χ2v) is 7.04. The summed E-state index contributed by atoms with van der Waals surface area (Å²) in [7, 11) is 0. The summed E-state index contributed by atoms with van der Waals surface area (Å²) in [5.41, 5.74) is 1.46. The highest BCUT2D eigenvalue weighted by Gasteiger charge is 2.15. The van der Waals surface area contributed by atoms with Gasteiger partial charge < -0.3 is 5.32 Å². The van der Waals surface area contributed by atoms with E-state index in [2.05, 4.69) is 10.3 Å². The molecule has 0 bridgehead atoms. The standard InChI is InChI=1S/C15H9Cl3N2OS/c1-7-19-14-12(22-7)5-4-11(13(14)18)20-15(21)9-6-8(16)2-3-10(9)17/h2-6H,1H3,(H,20,21). The highest BCUT2D eigenvalue weighted by atomic mass is 35.5. The van der Waals surface area contributed by atoms with E-state index in [1.54, 1.807) is 29.5 Å². The highest BCUT2D eigenvalue weighted by Crippen LogP contribution is 2.34. The van der Waals surface area contributed by atoms with Gasteiger partial charge in [-0.3, -0.25) is 4.79 Å². The molecule has 0 aliphatic carbocycles. The van der Waals surface area contributed by atoms with Crippen molar-refractivity contribution in [1.29, 1.82) is 0 Å². The molecule has 3 rings (SSSR count). The number of aromatic nitrogens is 1. The van der Waals surface area contributed by atoms with Gasteiger partial charge in [0, 0.05) is 5.02 Å². The molecule has 0 spiro atoms. The first-order chi connectivity index (χ1) is 10.5. The fourth-order valence-corrected chi connectivity index (χ4v) is 3.55. The number of aryl methyl sites for hydroxylation is 1. The van der Waals surface area contributed by atoms with Crippen LogP contribution >= 0.6 is 46.1 Å². The molecule has 2 aromatic carbocycles. The molecular weight excluding hydrogens is 363 g/mol. The van der Waals surface area contributed by atoms with Crippen molar-refractivity contribution in [3.05, 3.63) is 56.0 Å². The number of nitrogens with one attached hydrogen (secondary N) is 1. The third-order valence-corrected chi connectivity index (χ3v) is 4.91. The molecule has 3 nitrogen and oxygen atoms in total. The first kappa shape index (κ1) is 15.6. The summed E-state index contributed by atoms with van der Waals surface area (Å²) >= 11 is 19.8. The lowest BCUT2D eigenvalue weighted by molar-refractivity contribution is 0.102. The number of benzene rings is 2.